The minimum absolute atomic E-state index is 1.12. The number of aliphatic hydroxyl groups excluding tert-OH is 32. The quantitative estimate of drug-likeness (QED) is 0.0254. The molecule has 53 atom stereocenters. The molecule has 133 heavy (non-hydrogen) atoms. The summed E-state index contributed by atoms with van der Waals surface area (Å²) in [6, 6.07) is 0. The molecule has 10 aliphatic rings. The van der Waals surface area contributed by atoms with E-state index in [1.165, 1.54) is 0 Å². The van der Waals surface area contributed by atoms with E-state index in [0.717, 1.165) is 0 Å². The first-order chi connectivity index (χ1) is 62.3. The van der Waals surface area contributed by atoms with Gasteiger partial charge in [-0.1, -0.05) is 0 Å². The summed E-state index contributed by atoms with van der Waals surface area (Å²) in [5.74, 6) is -12.2. The fourth-order valence-corrected chi connectivity index (χ4v) is 17.5. The van der Waals surface area contributed by atoms with Crippen molar-refractivity contribution < 1.29 is 316 Å². The van der Waals surface area contributed by atoms with Gasteiger partial charge in [-0.2, -0.15) is 0 Å². The Morgan fingerprint density at radius 1 is 0.308 bits per heavy atom. The highest BCUT2D eigenvalue weighted by Crippen LogP contribution is 2.50. The highest BCUT2D eigenvalue weighted by atomic mass is 31.2. The number of phosphoric acid groups is 2. The number of carboxylic acid groups (broad SMARTS) is 2. The van der Waals surface area contributed by atoms with E-state index in [2.05, 4.69) is 0 Å². The summed E-state index contributed by atoms with van der Waals surface area (Å²) in [5.41, 5.74) is 0. The van der Waals surface area contributed by atoms with E-state index in [1.54, 1.807) is 0 Å². The molecule has 39 N–H and O–H groups in total. The van der Waals surface area contributed by atoms with E-state index in [-0.39, 0.29) is 0 Å². The summed E-state index contributed by atoms with van der Waals surface area (Å²) in [6.45, 7) is -14.1. The maximum absolute atomic E-state index is 13.4. The number of aliphatic carboxylic acids is 2. The topological polar surface area (TPSA) is 1050 Å². The van der Waals surface area contributed by atoms with Crippen LogP contribution in [0.3, 0.4) is 0 Å². The highest BCUT2D eigenvalue weighted by molar-refractivity contribution is 7.46. The Morgan fingerprint density at radius 2 is 0.654 bits per heavy atom. The summed E-state index contributed by atoms with van der Waals surface area (Å²) in [7, 11) is -12.8. The lowest BCUT2D eigenvalue weighted by Crippen LogP contribution is -2.71. The molecule has 0 aromatic heterocycles. The minimum atomic E-state index is -6.45. The molecule has 0 unspecified atom stereocenters. The van der Waals surface area contributed by atoms with Crippen LogP contribution in [0.1, 0.15) is 12.8 Å². The molecule has 0 aromatic carbocycles. The highest BCUT2D eigenvalue weighted by Gasteiger charge is 2.66. The summed E-state index contributed by atoms with van der Waals surface area (Å²) >= 11 is 0. The zero-order chi connectivity index (χ0) is 98.9. The van der Waals surface area contributed by atoms with Gasteiger partial charge < -0.3 is 288 Å². The minimum Gasteiger partial charge on any atom is -0.477 e. The third-order valence-electron chi connectivity index (χ3n) is 23.5. The molecule has 10 heterocycles. The van der Waals surface area contributed by atoms with Crippen molar-refractivity contribution in [1.82, 2.24) is 0 Å². The molecular weight excluding hydrogens is 1890 g/mol. The zero-order valence-corrected chi connectivity index (χ0v) is 70.3. The molecule has 0 aliphatic carbocycles. The van der Waals surface area contributed by atoms with Gasteiger partial charge in [0.05, 0.1) is 78.3 Å². The Morgan fingerprint density at radius 3 is 1.11 bits per heavy atom. The molecule has 0 spiro atoms. The molecule has 0 bridgehead atoms. The molecular formula is C67H114O64P2. The first kappa shape index (κ1) is 112. The van der Waals surface area contributed by atoms with Gasteiger partial charge in [-0.3, -0.25) is 9.05 Å². The Bertz CT molecular complexity index is 3720. The Labute approximate surface area is 745 Å². The monoisotopic (exact) mass is 2000 g/mol. The van der Waals surface area contributed by atoms with Crippen molar-refractivity contribution in [3.05, 3.63) is 0 Å². The molecule has 10 rings (SSSR count). The Hall–Kier alpha value is -2.92. The summed E-state index contributed by atoms with van der Waals surface area (Å²) < 4.78 is 146. The first-order valence-electron chi connectivity index (χ1n) is 40.6. The van der Waals surface area contributed by atoms with E-state index < -0.39 is 431 Å². The second kappa shape index (κ2) is 46.6. The summed E-state index contributed by atoms with van der Waals surface area (Å²) in [6.07, 6.45) is -134. The second-order valence-electron chi connectivity index (χ2n) is 32.5. The lowest BCUT2D eigenvalue weighted by atomic mass is 9.89. The van der Waals surface area contributed by atoms with Gasteiger partial charge in [0.15, 0.2) is 50.3 Å². The van der Waals surface area contributed by atoms with Gasteiger partial charge in [0, 0.05) is 12.8 Å². The van der Waals surface area contributed by atoms with Crippen LogP contribution in [0.4, 0.5) is 0 Å². The standard InChI is InChI=1S/C67H114O64P2/c68-3-14(78)42-34(92)32(90)35(93)56(117-42)111-12-18(82)45-55(131-133(108,109)110)51(41(99)61(119-45)124-50-40(98)60(118-44(16(80)5-70)54(50)130-132(105,106)107)121-48-19(2-66(104,64(100)101)128-46(48)17(81)6-71)127-67(65(102)103)1-13(77)25(83)43(129-67)15(79)4-69)123-59-39(97)49(29(87)23(10-75)114-59)122-63-53(38(96)47(24(11-76)116-63)120-57-36(94)30(88)26(84)20(7-72)112-57)126-62-52(33(91)28(86)22(9-74)115-62)125-58-37(95)31(89)27(85)21(8-73)113-58/h13-63,68-99,104H,1-12H2,(H,100,101)(H,102,103)(H2,105,106,107)(H2,108,109,110)/t13-,14+,15-,16+,17-,18+,19-,20-,21-,22-,23-,24-,25-,26+,27+,28+,29-,30+,31+,32+,33+,34+,35+,36-,37-,38+,39-,40+,41+,42-,43-,44-,45-,46-,47-,48-,49+,50-,51-,52-,53-,54-,55-,56+,57+,58-,59-,60-,61-,62-,63-,66-,67-/m1/s1. The molecule has 0 radical (unpaired) electrons. The van der Waals surface area contributed by atoms with Crippen molar-refractivity contribution in [2.24, 2.45) is 0 Å². The third-order valence-corrected chi connectivity index (χ3v) is 24.6. The molecule has 10 saturated heterocycles. The predicted octanol–water partition coefficient (Wildman–Crippen LogP) is -24.8. The van der Waals surface area contributed by atoms with Crippen LogP contribution >= 0.6 is 15.6 Å². The lowest BCUT2D eigenvalue weighted by molar-refractivity contribution is -0.416. The van der Waals surface area contributed by atoms with E-state index in [4.69, 9.17) is 99.0 Å². The molecule has 776 valence electrons. The van der Waals surface area contributed by atoms with Crippen molar-refractivity contribution in [2.45, 2.75) is 337 Å². The number of hydrogen-bond donors (Lipinski definition) is 39. The molecule has 66 heteroatoms. The SMILES string of the molecule is O=C(O)[C@@]1(O[C@@H]2C[C@](O)(C(=O)O)O[C@H]([C@H](O)CO)[C@@H]2O[C@H]2O[C@H]([C@@H](O)CO)[C@@H](OP(=O)(O)O)[C@H](O[C@H]3O[C@H]([C@@H](O)CO[C@H]4O[C@H]([C@@H](O)CO)[C@@H](O)[C@H](O)[C@@H]4O)[C@@H](OP(=O)(O)O)[C@H](O[C@H]4O[C@H](CO)[C@@H](O)[C@H](O[C@H]5O[C@H](CO)[C@@H](O[C@@H]6O[C@H](CO)[C@H](O)[C@H](O)[C@H]6O)[C@H](O)[C@H]5O[C@H]5O[C@H](CO)[C@H](O)[C@H](O)[C@H]5O[C@H]5O[C@H](CO)[C@H](O)[C@H](O)[C@H]5O)[C@H]4O)[C@@H]3O)[C@@H]2O)C[C@@H](O)[C@@H](O)[C@@H]([C@H](O)CO)O1. The molecule has 0 amide bonds. The largest absolute Gasteiger partial charge is 0.477 e. The van der Waals surface area contributed by atoms with Gasteiger partial charge >= 0.3 is 27.6 Å². The number of carboxylic acids is 2. The van der Waals surface area contributed by atoms with Crippen LogP contribution in [0, 0.1) is 0 Å². The van der Waals surface area contributed by atoms with E-state index in [0.29, 0.717) is 0 Å². The van der Waals surface area contributed by atoms with Crippen LogP contribution in [0.2, 0.25) is 0 Å². The van der Waals surface area contributed by atoms with Gasteiger partial charge in [0.1, 0.15) is 250 Å². The zero-order valence-electron chi connectivity index (χ0n) is 68.5. The summed E-state index contributed by atoms with van der Waals surface area (Å²) in [4.78, 5) is 68.9. The van der Waals surface area contributed by atoms with Gasteiger partial charge in [-0.15, -0.1) is 0 Å². The number of carbonyl (C=O) groups is 2. The second-order valence-corrected chi connectivity index (χ2v) is 34.9. The fourth-order valence-electron chi connectivity index (χ4n) is 16.4. The molecule has 64 nitrogen and oxygen atoms in total. The molecule has 10 fully saturated rings. The molecule has 10 aliphatic heterocycles. The maximum Gasteiger partial charge on any atom is 0.470 e. The Balaban J connectivity index is 1.08. The van der Waals surface area contributed by atoms with Crippen LogP contribution in [-0.4, -0.2) is 601 Å². The molecule has 0 aromatic rings. The van der Waals surface area contributed by atoms with Crippen LogP contribution < -0.4 is 0 Å². The average molecular weight is 2010 g/mol. The van der Waals surface area contributed by atoms with Crippen LogP contribution in [0.5, 0.6) is 0 Å². The molecule has 0 saturated carbocycles. The van der Waals surface area contributed by atoms with E-state index >= 15 is 0 Å². The van der Waals surface area contributed by atoms with Crippen molar-refractivity contribution >= 4 is 27.6 Å². The van der Waals surface area contributed by atoms with Gasteiger partial charge in [0.2, 0.25) is 0 Å². The smallest absolute Gasteiger partial charge is 0.470 e. The fraction of sp³-hybridized carbons (Fsp3) is 0.970. The predicted molar refractivity (Wildman–Crippen MR) is 392 cm³/mol. The maximum atomic E-state index is 13.4. The van der Waals surface area contributed by atoms with Crippen LogP contribution in [-0.2, 0) is 118 Å². The average Bonchev–Trinajstić information content (AvgIpc) is 0.742. The summed E-state index contributed by atoms with van der Waals surface area (Å²) in [5, 5.41) is 388. The number of hydrogen-bond acceptors (Lipinski definition) is 58. The number of ether oxygens (including phenoxy) is 19. The van der Waals surface area contributed by atoms with Crippen molar-refractivity contribution in [3.8, 4) is 0 Å². The van der Waals surface area contributed by atoms with Crippen molar-refractivity contribution in [1.29, 1.82) is 0 Å². The number of rotatable bonds is 39. The first-order valence-corrected chi connectivity index (χ1v) is 43.6. The Kier molecular flexibility index (Phi) is 39.3. The van der Waals surface area contributed by atoms with E-state index in [9.17, 15) is 217 Å². The third kappa shape index (κ3) is 24.6. The number of phosphoric ester groups is 2. The van der Waals surface area contributed by atoms with Crippen LogP contribution in [0.25, 0.3) is 0 Å². The van der Waals surface area contributed by atoms with Crippen molar-refractivity contribution in [3.63, 3.8) is 0 Å². The van der Waals surface area contributed by atoms with Gasteiger partial charge in [0.25, 0.3) is 11.6 Å². The van der Waals surface area contributed by atoms with Crippen molar-refractivity contribution in [2.75, 3.05) is 66.1 Å². The van der Waals surface area contributed by atoms with Crippen LogP contribution in [0.15, 0.2) is 0 Å². The lowest BCUT2D eigenvalue weighted by Gasteiger charge is -2.52. The van der Waals surface area contributed by atoms with Gasteiger partial charge in [-0.05, 0) is 0 Å². The van der Waals surface area contributed by atoms with Gasteiger partial charge in [-0.25, -0.2) is 18.7 Å². The normalized spacial score (nSPS) is 48.2. The van der Waals surface area contributed by atoms with E-state index in [1.807, 2.05) is 0 Å². The number of aliphatic hydroxyl groups is 33.